The molecule has 0 unspecified atom stereocenters. The van der Waals surface area contributed by atoms with Gasteiger partial charge in [0, 0.05) is 17.4 Å². The molecule has 4 heteroatoms. The van der Waals surface area contributed by atoms with Crippen molar-refractivity contribution in [3.05, 3.63) is 72.4 Å². The Kier molecular flexibility index (Phi) is 2.52. The number of fused-ring (bicyclic) bond motifs is 2. The molecule has 110 valence electrons. The van der Waals surface area contributed by atoms with Crippen molar-refractivity contribution < 1.29 is 0 Å². The van der Waals surface area contributed by atoms with Gasteiger partial charge < -0.3 is 4.90 Å². The second kappa shape index (κ2) is 4.68. The number of nitrogens with zero attached hydrogens (tertiary/aromatic N) is 3. The van der Waals surface area contributed by atoms with Crippen molar-refractivity contribution in [2.45, 2.75) is 6.54 Å². The van der Waals surface area contributed by atoms with E-state index in [9.17, 15) is 0 Å². The Morgan fingerprint density at radius 3 is 2.65 bits per heavy atom. The predicted molar refractivity (Wildman–Crippen MR) is 91.6 cm³/mol. The molecule has 1 N–H and O–H groups in total. The van der Waals surface area contributed by atoms with E-state index < -0.39 is 0 Å². The molecule has 4 aromatic rings. The number of nitrogens with one attached hydrogen (secondary N) is 1. The largest absolute Gasteiger partial charge is 0.321 e. The first-order valence-corrected chi connectivity index (χ1v) is 7.66. The molecule has 2 aromatic heterocycles. The normalized spacial score (nSPS) is 13.0. The van der Waals surface area contributed by atoms with E-state index in [2.05, 4.69) is 68.6 Å². The number of para-hydroxylation sites is 1. The van der Waals surface area contributed by atoms with Crippen LogP contribution in [0.4, 0.5) is 11.5 Å². The lowest BCUT2D eigenvalue weighted by Crippen LogP contribution is -2.17. The average molecular weight is 298 g/mol. The van der Waals surface area contributed by atoms with Crippen molar-refractivity contribution in [2.75, 3.05) is 4.90 Å². The van der Waals surface area contributed by atoms with Crippen LogP contribution in [0.25, 0.3) is 22.2 Å². The Balaban J connectivity index is 1.87. The third-order valence-electron chi connectivity index (χ3n) is 4.38. The van der Waals surface area contributed by atoms with Crippen molar-refractivity contribution in [1.29, 1.82) is 0 Å². The van der Waals surface area contributed by atoms with Gasteiger partial charge in [0.25, 0.3) is 0 Å². The maximum absolute atomic E-state index is 4.68. The maximum Gasteiger partial charge on any atom is 0.145 e. The maximum atomic E-state index is 4.68. The van der Waals surface area contributed by atoms with Gasteiger partial charge in [-0.15, -0.1) is 0 Å². The molecule has 1 aliphatic heterocycles. The molecule has 23 heavy (non-hydrogen) atoms. The third kappa shape index (κ3) is 1.78. The molecule has 0 radical (unpaired) electrons. The van der Waals surface area contributed by atoms with E-state index in [0.29, 0.717) is 0 Å². The van der Waals surface area contributed by atoms with Crippen LogP contribution >= 0.6 is 0 Å². The Hall–Kier alpha value is -3.14. The predicted octanol–water partition coefficient (Wildman–Crippen LogP) is 4.28. The number of pyridine rings is 1. The Morgan fingerprint density at radius 2 is 1.74 bits per heavy atom. The first-order chi connectivity index (χ1) is 11.4. The summed E-state index contributed by atoms with van der Waals surface area (Å²) in [5.41, 5.74) is 5.56. The summed E-state index contributed by atoms with van der Waals surface area (Å²) in [7, 11) is 0. The SMILES string of the molecule is c1ccc(N2Cc3ccccc3-c3n[nH]c4ccnc2c34)cc1. The number of hydrogen-bond acceptors (Lipinski definition) is 3. The highest BCUT2D eigenvalue weighted by Gasteiger charge is 2.25. The first kappa shape index (κ1) is 12.4. The monoisotopic (exact) mass is 298 g/mol. The number of aromatic nitrogens is 3. The number of hydrogen-bond donors (Lipinski definition) is 1. The van der Waals surface area contributed by atoms with Crippen LogP contribution in [0.15, 0.2) is 66.9 Å². The van der Waals surface area contributed by atoms with Gasteiger partial charge >= 0.3 is 0 Å². The van der Waals surface area contributed by atoms with Crippen molar-refractivity contribution in [3.63, 3.8) is 0 Å². The molecule has 0 saturated heterocycles. The molecule has 2 aromatic carbocycles. The third-order valence-corrected chi connectivity index (χ3v) is 4.38. The van der Waals surface area contributed by atoms with Crippen LogP contribution in [0.3, 0.4) is 0 Å². The molecule has 0 atom stereocenters. The van der Waals surface area contributed by atoms with Crippen molar-refractivity contribution in [1.82, 2.24) is 15.2 Å². The molecule has 0 saturated carbocycles. The van der Waals surface area contributed by atoms with Crippen LogP contribution in [0.5, 0.6) is 0 Å². The molecular formula is C19H14N4. The van der Waals surface area contributed by atoms with Crippen LogP contribution in [-0.2, 0) is 6.54 Å². The summed E-state index contributed by atoms with van der Waals surface area (Å²) < 4.78 is 0. The summed E-state index contributed by atoms with van der Waals surface area (Å²) in [6.07, 6.45) is 1.84. The average Bonchev–Trinajstić information content (AvgIpc) is 2.98. The van der Waals surface area contributed by atoms with Crippen molar-refractivity contribution in [2.24, 2.45) is 0 Å². The lowest BCUT2D eigenvalue weighted by molar-refractivity contribution is 0.959. The van der Waals surface area contributed by atoms with Crippen LogP contribution < -0.4 is 4.90 Å². The molecule has 0 bridgehead atoms. The fraction of sp³-hybridized carbons (Fsp3) is 0.0526. The van der Waals surface area contributed by atoms with E-state index in [1.807, 2.05) is 18.3 Å². The summed E-state index contributed by atoms with van der Waals surface area (Å²) in [5.74, 6) is 0.952. The molecule has 0 spiro atoms. The smallest absolute Gasteiger partial charge is 0.145 e. The lowest BCUT2D eigenvalue weighted by Gasteiger charge is -2.23. The quantitative estimate of drug-likeness (QED) is 0.570. The van der Waals surface area contributed by atoms with E-state index in [1.54, 1.807) is 0 Å². The minimum atomic E-state index is 0.780. The highest BCUT2D eigenvalue weighted by molar-refractivity contribution is 6.03. The standard InChI is InChI=1S/C19H14N4/c1-2-7-14(8-3-1)23-12-13-6-4-5-9-15(13)18-17-16(21-22-18)10-11-20-19(17)23/h1-11H,12H2,(H,21,22). The fourth-order valence-electron chi connectivity index (χ4n) is 3.30. The van der Waals surface area contributed by atoms with E-state index in [0.717, 1.165) is 34.6 Å². The zero-order chi connectivity index (χ0) is 15.2. The van der Waals surface area contributed by atoms with E-state index in [-0.39, 0.29) is 0 Å². The number of rotatable bonds is 1. The molecule has 3 heterocycles. The second-order valence-electron chi connectivity index (χ2n) is 5.71. The van der Waals surface area contributed by atoms with Crippen molar-refractivity contribution >= 4 is 22.4 Å². The van der Waals surface area contributed by atoms with Crippen LogP contribution in [0.2, 0.25) is 0 Å². The summed E-state index contributed by atoms with van der Waals surface area (Å²) in [5, 5.41) is 8.79. The molecule has 4 nitrogen and oxygen atoms in total. The molecule has 0 aliphatic carbocycles. The highest BCUT2D eigenvalue weighted by Crippen LogP contribution is 2.41. The molecule has 0 amide bonds. The summed E-state index contributed by atoms with van der Waals surface area (Å²) in [6, 6.07) is 20.8. The first-order valence-electron chi connectivity index (χ1n) is 7.66. The molecule has 1 aliphatic rings. The number of benzene rings is 2. The Bertz CT molecular complexity index is 1000. The van der Waals surface area contributed by atoms with Gasteiger partial charge in [-0.25, -0.2) is 4.98 Å². The van der Waals surface area contributed by atoms with Gasteiger partial charge in [-0.2, -0.15) is 5.10 Å². The Morgan fingerprint density at radius 1 is 0.913 bits per heavy atom. The topological polar surface area (TPSA) is 44.8 Å². The summed E-state index contributed by atoms with van der Waals surface area (Å²) in [4.78, 5) is 6.93. The van der Waals surface area contributed by atoms with Gasteiger partial charge in [-0.1, -0.05) is 42.5 Å². The minimum absolute atomic E-state index is 0.780. The Labute approximate surface area is 133 Å². The van der Waals surface area contributed by atoms with Gasteiger partial charge in [-0.3, -0.25) is 5.10 Å². The van der Waals surface area contributed by atoms with E-state index >= 15 is 0 Å². The highest BCUT2D eigenvalue weighted by atomic mass is 15.2. The summed E-state index contributed by atoms with van der Waals surface area (Å²) in [6.45, 7) is 0.780. The number of H-pyrrole nitrogens is 1. The summed E-state index contributed by atoms with van der Waals surface area (Å²) >= 11 is 0. The van der Waals surface area contributed by atoms with Crippen molar-refractivity contribution in [3.8, 4) is 11.3 Å². The molecular weight excluding hydrogens is 284 g/mol. The van der Waals surface area contributed by atoms with Gasteiger partial charge in [0.05, 0.1) is 17.4 Å². The fourth-order valence-corrected chi connectivity index (χ4v) is 3.30. The van der Waals surface area contributed by atoms with Gasteiger partial charge in [0.2, 0.25) is 0 Å². The van der Waals surface area contributed by atoms with E-state index in [4.69, 9.17) is 0 Å². The number of anilines is 2. The van der Waals surface area contributed by atoms with Gasteiger partial charge in [0.1, 0.15) is 11.5 Å². The lowest BCUT2D eigenvalue weighted by atomic mass is 10.0. The van der Waals surface area contributed by atoms with Gasteiger partial charge in [-0.05, 0) is 23.8 Å². The number of aromatic amines is 1. The molecule has 0 fully saturated rings. The van der Waals surface area contributed by atoms with E-state index in [1.165, 1.54) is 11.1 Å². The second-order valence-corrected chi connectivity index (χ2v) is 5.71. The molecule has 5 rings (SSSR count). The zero-order valence-electron chi connectivity index (χ0n) is 12.4. The van der Waals surface area contributed by atoms with Crippen LogP contribution in [0.1, 0.15) is 5.56 Å². The van der Waals surface area contributed by atoms with Crippen LogP contribution in [-0.4, -0.2) is 15.2 Å². The zero-order valence-corrected chi connectivity index (χ0v) is 12.4. The van der Waals surface area contributed by atoms with Gasteiger partial charge in [0.15, 0.2) is 0 Å². The van der Waals surface area contributed by atoms with Crippen LogP contribution in [0, 0.1) is 0 Å². The minimum Gasteiger partial charge on any atom is -0.321 e.